The van der Waals surface area contributed by atoms with Gasteiger partial charge in [-0.2, -0.15) is 18.3 Å². The van der Waals surface area contributed by atoms with Gasteiger partial charge < -0.3 is 10.1 Å². The van der Waals surface area contributed by atoms with Crippen molar-refractivity contribution in [1.29, 1.82) is 0 Å². The average molecular weight is 355 g/mol. The monoisotopic (exact) mass is 355 g/mol. The number of carbonyl (C=O) groups is 1. The molecule has 1 aromatic carbocycles. The van der Waals surface area contributed by atoms with Crippen LogP contribution in [0.1, 0.15) is 48.5 Å². The van der Waals surface area contributed by atoms with Crippen LogP contribution >= 0.6 is 0 Å². The lowest BCUT2D eigenvalue weighted by Crippen LogP contribution is -2.19. The van der Waals surface area contributed by atoms with Gasteiger partial charge in [-0.1, -0.05) is 18.2 Å². The lowest BCUT2D eigenvalue weighted by atomic mass is 10.1. The number of nitrogens with zero attached hydrogens (tertiary/aromatic N) is 2. The Morgan fingerprint density at radius 1 is 1.24 bits per heavy atom. The quantitative estimate of drug-likeness (QED) is 0.875. The molecule has 25 heavy (non-hydrogen) atoms. The van der Waals surface area contributed by atoms with Crippen molar-refractivity contribution in [2.45, 2.75) is 39.2 Å². The second-order valence-corrected chi connectivity index (χ2v) is 5.93. The second-order valence-electron chi connectivity index (χ2n) is 5.93. The van der Waals surface area contributed by atoms with Crippen LogP contribution in [-0.4, -0.2) is 21.8 Å². The van der Waals surface area contributed by atoms with Crippen molar-refractivity contribution in [1.82, 2.24) is 9.78 Å². The minimum atomic E-state index is -4.71. The maximum Gasteiger partial charge on any atom is 0.435 e. The van der Waals surface area contributed by atoms with E-state index < -0.39 is 23.3 Å². The Morgan fingerprint density at radius 2 is 1.88 bits per heavy atom. The van der Waals surface area contributed by atoms with Gasteiger partial charge in [-0.25, -0.2) is 0 Å². The molecule has 1 heterocycles. The van der Waals surface area contributed by atoms with Crippen molar-refractivity contribution in [3.8, 4) is 0 Å². The molecule has 136 valence electrons. The first kappa shape index (κ1) is 19.0. The molecule has 8 heteroatoms. The number of ether oxygens (including phenoxy) is 1. The lowest BCUT2D eigenvalue weighted by Gasteiger charge is -2.20. The molecule has 0 radical (unpaired) electrons. The summed E-state index contributed by atoms with van der Waals surface area (Å²) in [6, 6.07) is 6.85. The molecular formula is C17H20F3N3O2. The number of nitrogens with one attached hydrogen (secondary N) is 1. The molecule has 1 amide bonds. The van der Waals surface area contributed by atoms with Crippen LogP contribution in [0.3, 0.4) is 0 Å². The molecule has 0 saturated heterocycles. The van der Waals surface area contributed by atoms with Crippen molar-refractivity contribution in [2.24, 2.45) is 7.05 Å². The molecule has 1 unspecified atom stereocenters. The van der Waals surface area contributed by atoms with E-state index in [4.69, 9.17) is 4.74 Å². The molecular weight excluding hydrogens is 335 g/mol. The van der Waals surface area contributed by atoms with Gasteiger partial charge >= 0.3 is 6.18 Å². The van der Waals surface area contributed by atoms with Gasteiger partial charge in [-0.3, -0.25) is 9.48 Å². The summed E-state index contributed by atoms with van der Waals surface area (Å²) >= 11 is 0. The van der Waals surface area contributed by atoms with Crippen molar-refractivity contribution >= 4 is 11.6 Å². The van der Waals surface area contributed by atoms with Crippen LogP contribution < -0.4 is 5.32 Å². The lowest BCUT2D eigenvalue weighted by molar-refractivity contribution is -0.141. The number of rotatable bonds is 5. The Kier molecular flexibility index (Phi) is 5.52. The highest BCUT2D eigenvalue weighted by Crippen LogP contribution is 2.32. The summed E-state index contributed by atoms with van der Waals surface area (Å²) in [5.41, 5.74) is -0.654. The molecule has 5 nitrogen and oxygen atoms in total. The molecule has 0 aliphatic carbocycles. The third-order valence-corrected chi connectivity index (χ3v) is 3.47. The first-order valence-corrected chi connectivity index (χ1v) is 7.76. The molecule has 1 atom stereocenters. The summed E-state index contributed by atoms with van der Waals surface area (Å²) in [5.74, 6) is -0.871. The maximum absolute atomic E-state index is 13.0. The maximum atomic E-state index is 13.0. The van der Waals surface area contributed by atoms with Crippen LogP contribution in [0, 0.1) is 0 Å². The van der Waals surface area contributed by atoms with Gasteiger partial charge in [0.05, 0.1) is 17.8 Å². The number of carbonyl (C=O) groups excluding carboxylic acids is 1. The number of aryl methyl sites for hydroxylation is 1. The van der Waals surface area contributed by atoms with Crippen LogP contribution in [0.25, 0.3) is 0 Å². The highest BCUT2D eigenvalue weighted by Gasteiger charge is 2.39. The zero-order valence-electron chi connectivity index (χ0n) is 14.4. The largest absolute Gasteiger partial charge is 0.435 e. The van der Waals surface area contributed by atoms with Crippen molar-refractivity contribution in [3.05, 3.63) is 47.3 Å². The van der Waals surface area contributed by atoms with Gasteiger partial charge in [0.15, 0.2) is 5.69 Å². The summed E-state index contributed by atoms with van der Waals surface area (Å²) in [7, 11) is 1.33. The van der Waals surface area contributed by atoms with E-state index in [1.807, 2.05) is 20.8 Å². The predicted molar refractivity (Wildman–Crippen MR) is 87.2 cm³/mol. The van der Waals surface area contributed by atoms with E-state index in [0.717, 1.165) is 10.9 Å². The molecule has 2 rings (SSSR count). The number of para-hydroxylation sites is 1. The molecule has 0 spiro atoms. The van der Waals surface area contributed by atoms with Crippen LogP contribution in [0.15, 0.2) is 30.5 Å². The average Bonchev–Trinajstić information content (AvgIpc) is 2.89. The number of halogens is 3. The number of anilines is 1. The van der Waals surface area contributed by atoms with Gasteiger partial charge in [0, 0.05) is 24.5 Å². The highest BCUT2D eigenvalue weighted by atomic mass is 19.4. The van der Waals surface area contributed by atoms with Crippen molar-refractivity contribution in [3.63, 3.8) is 0 Å². The molecule has 1 N–H and O–H groups in total. The van der Waals surface area contributed by atoms with E-state index in [2.05, 4.69) is 10.4 Å². The zero-order chi connectivity index (χ0) is 18.8. The van der Waals surface area contributed by atoms with Crippen LogP contribution in [0.5, 0.6) is 0 Å². The SMILES string of the molecule is CC(C)OC(C)c1ccccc1NC(=O)c1cn(C)nc1C(F)(F)F. The number of alkyl halides is 3. The number of hydrogen-bond acceptors (Lipinski definition) is 3. The summed E-state index contributed by atoms with van der Waals surface area (Å²) in [6.07, 6.45) is -4.02. The fourth-order valence-corrected chi connectivity index (χ4v) is 2.50. The third-order valence-electron chi connectivity index (χ3n) is 3.47. The standard InChI is InChI=1S/C17H20F3N3O2/c1-10(2)25-11(3)12-7-5-6-8-14(12)21-16(24)13-9-23(4)22-15(13)17(18,19)20/h5-11H,1-4H3,(H,21,24). The normalized spacial score (nSPS) is 13.1. The van der Waals surface area contributed by atoms with E-state index in [-0.39, 0.29) is 12.2 Å². The summed E-state index contributed by atoms with van der Waals surface area (Å²) in [5, 5.41) is 5.88. The predicted octanol–water partition coefficient (Wildman–Crippen LogP) is 4.18. The van der Waals surface area contributed by atoms with E-state index in [1.165, 1.54) is 7.05 Å². The van der Waals surface area contributed by atoms with Gasteiger partial charge in [0.1, 0.15) is 0 Å². The van der Waals surface area contributed by atoms with E-state index in [1.54, 1.807) is 24.3 Å². The van der Waals surface area contributed by atoms with Crippen LogP contribution in [0.4, 0.5) is 18.9 Å². The Labute approximate surface area is 143 Å². The van der Waals surface area contributed by atoms with Crippen LogP contribution in [-0.2, 0) is 18.0 Å². The molecule has 0 bridgehead atoms. The first-order chi connectivity index (χ1) is 11.6. The van der Waals surface area contributed by atoms with E-state index in [9.17, 15) is 18.0 Å². The third kappa shape index (κ3) is 4.60. The Hall–Kier alpha value is -2.35. The first-order valence-electron chi connectivity index (χ1n) is 7.76. The summed E-state index contributed by atoms with van der Waals surface area (Å²) in [6.45, 7) is 5.57. The fourth-order valence-electron chi connectivity index (χ4n) is 2.50. The Balaban J connectivity index is 2.31. The molecule has 2 aromatic rings. The number of hydrogen-bond donors (Lipinski definition) is 1. The smallest absolute Gasteiger partial charge is 0.371 e. The van der Waals surface area contributed by atoms with E-state index in [0.29, 0.717) is 11.3 Å². The minimum absolute atomic E-state index is 0.0334. The van der Waals surface area contributed by atoms with Gasteiger partial charge in [-0.15, -0.1) is 0 Å². The molecule has 0 aliphatic rings. The minimum Gasteiger partial charge on any atom is -0.371 e. The zero-order valence-corrected chi connectivity index (χ0v) is 14.4. The highest BCUT2D eigenvalue weighted by molar-refractivity contribution is 6.05. The molecule has 0 fully saturated rings. The van der Waals surface area contributed by atoms with Crippen molar-refractivity contribution < 1.29 is 22.7 Å². The number of amides is 1. The summed E-state index contributed by atoms with van der Waals surface area (Å²) < 4.78 is 45.8. The molecule has 0 saturated carbocycles. The van der Waals surface area contributed by atoms with Crippen LogP contribution in [0.2, 0.25) is 0 Å². The second kappa shape index (κ2) is 7.26. The van der Waals surface area contributed by atoms with Gasteiger partial charge in [0.25, 0.3) is 5.91 Å². The topological polar surface area (TPSA) is 56.1 Å². The number of benzene rings is 1. The molecule has 1 aromatic heterocycles. The van der Waals surface area contributed by atoms with Gasteiger partial charge in [0.2, 0.25) is 0 Å². The van der Waals surface area contributed by atoms with E-state index >= 15 is 0 Å². The van der Waals surface area contributed by atoms with Crippen molar-refractivity contribution in [2.75, 3.05) is 5.32 Å². The summed E-state index contributed by atoms with van der Waals surface area (Å²) in [4.78, 5) is 12.4. The Bertz CT molecular complexity index is 754. The van der Waals surface area contributed by atoms with Gasteiger partial charge in [-0.05, 0) is 26.8 Å². The molecule has 0 aliphatic heterocycles. The number of aromatic nitrogens is 2. The fraction of sp³-hybridized carbons (Fsp3) is 0.412. The Morgan fingerprint density at radius 3 is 2.48 bits per heavy atom.